The van der Waals surface area contributed by atoms with Crippen molar-refractivity contribution < 1.29 is 13.6 Å². The van der Waals surface area contributed by atoms with Crippen molar-refractivity contribution in [2.24, 2.45) is 0 Å². The van der Waals surface area contributed by atoms with Gasteiger partial charge in [0, 0.05) is 24.5 Å². The zero-order chi connectivity index (χ0) is 18.1. The molecule has 1 aromatic carbocycles. The molecule has 0 bridgehead atoms. The van der Waals surface area contributed by atoms with Gasteiger partial charge in [-0.3, -0.25) is 4.79 Å². The number of pyridine rings is 1. The fourth-order valence-electron chi connectivity index (χ4n) is 3.71. The highest BCUT2D eigenvalue weighted by atomic mass is 19.3. The van der Waals surface area contributed by atoms with E-state index >= 15 is 0 Å². The summed E-state index contributed by atoms with van der Waals surface area (Å²) >= 11 is 0. The number of hydrogen-bond donors (Lipinski definition) is 1. The van der Waals surface area contributed by atoms with Crippen molar-refractivity contribution in [3.8, 4) is 0 Å². The van der Waals surface area contributed by atoms with Gasteiger partial charge in [-0.1, -0.05) is 24.3 Å². The molecule has 0 fully saturated rings. The number of carbonyl (C=O) groups excluding carboxylic acids is 1. The Morgan fingerprint density at radius 2 is 2.12 bits per heavy atom. The second-order valence-corrected chi connectivity index (χ2v) is 6.55. The van der Waals surface area contributed by atoms with E-state index in [1.165, 1.54) is 16.2 Å². The number of amides is 1. The van der Waals surface area contributed by atoms with Crippen LogP contribution in [0.2, 0.25) is 0 Å². The Balaban J connectivity index is 1.47. The molecule has 134 valence electrons. The minimum atomic E-state index is -2.60. The van der Waals surface area contributed by atoms with Gasteiger partial charge in [-0.15, -0.1) is 0 Å². The molecule has 2 aromatic heterocycles. The molecule has 2 heterocycles. The molecule has 6 heteroatoms. The van der Waals surface area contributed by atoms with Crippen molar-refractivity contribution in [1.29, 1.82) is 0 Å². The van der Waals surface area contributed by atoms with Crippen LogP contribution < -0.4 is 5.32 Å². The molecule has 4 nitrogen and oxygen atoms in total. The van der Waals surface area contributed by atoms with E-state index in [0.29, 0.717) is 11.0 Å². The summed E-state index contributed by atoms with van der Waals surface area (Å²) in [6, 6.07) is 13.0. The number of alkyl halides is 2. The van der Waals surface area contributed by atoms with Gasteiger partial charge in [-0.2, -0.15) is 0 Å². The van der Waals surface area contributed by atoms with Gasteiger partial charge in [-0.25, -0.2) is 13.8 Å². The molecule has 0 unspecified atom stereocenters. The van der Waals surface area contributed by atoms with Crippen LogP contribution in [-0.4, -0.2) is 15.5 Å². The largest absolute Gasteiger partial charge is 0.349 e. The lowest BCUT2D eigenvalue weighted by Gasteiger charge is -2.15. The molecular formula is C20H19F2N3O. The number of benzene rings is 1. The number of nitrogens with zero attached hydrogens (tertiary/aromatic N) is 2. The molecule has 3 aromatic rings. The number of fused-ring (bicyclic) bond motifs is 2. The fourth-order valence-corrected chi connectivity index (χ4v) is 3.71. The van der Waals surface area contributed by atoms with Crippen LogP contribution in [0.1, 0.15) is 42.1 Å². The zero-order valence-electron chi connectivity index (χ0n) is 14.2. The summed E-state index contributed by atoms with van der Waals surface area (Å²) in [6.07, 6.45) is 0.931. The molecule has 1 aliphatic rings. The molecular weight excluding hydrogens is 336 g/mol. The lowest BCUT2D eigenvalue weighted by atomic mass is 10.1. The van der Waals surface area contributed by atoms with Crippen molar-refractivity contribution in [2.45, 2.75) is 38.3 Å². The second-order valence-electron chi connectivity index (χ2n) is 6.55. The molecule has 0 saturated heterocycles. The third kappa shape index (κ3) is 3.07. The second kappa shape index (κ2) is 6.86. The summed E-state index contributed by atoms with van der Waals surface area (Å²) in [4.78, 5) is 16.6. The van der Waals surface area contributed by atoms with Gasteiger partial charge < -0.3 is 9.88 Å². The first-order valence-corrected chi connectivity index (χ1v) is 8.73. The maximum atomic E-state index is 13.3. The van der Waals surface area contributed by atoms with Crippen molar-refractivity contribution in [3.05, 3.63) is 65.5 Å². The van der Waals surface area contributed by atoms with Crippen LogP contribution in [0.5, 0.6) is 0 Å². The van der Waals surface area contributed by atoms with Crippen LogP contribution in [0.15, 0.2) is 48.7 Å². The third-order valence-electron chi connectivity index (χ3n) is 4.94. The summed E-state index contributed by atoms with van der Waals surface area (Å²) in [5, 5.41) is 3.69. The Labute approximate surface area is 149 Å². The number of rotatable bonds is 5. The van der Waals surface area contributed by atoms with Gasteiger partial charge in [0.1, 0.15) is 5.65 Å². The molecule has 1 N–H and O–H groups in total. The van der Waals surface area contributed by atoms with Crippen LogP contribution in [0.3, 0.4) is 0 Å². The molecule has 1 aliphatic carbocycles. The van der Waals surface area contributed by atoms with Crippen LogP contribution >= 0.6 is 0 Å². The van der Waals surface area contributed by atoms with Gasteiger partial charge in [0.2, 0.25) is 5.91 Å². The minimum Gasteiger partial charge on any atom is -0.349 e. The number of halogens is 2. The zero-order valence-corrected chi connectivity index (χ0v) is 14.2. The Morgan fingerprint density at radius 3 is 2.96 bits per heavy atom. The molecule has 0 radical (unpaired) electrons. The topological polar surface area (TPSA) is 46.9 Å². The van der Waals surface area contributed by atoms with E-state index in [0.717, 1.165) is 18.4 Å². The van der Waals surface area contributed by atoms with Crippen molar-refractivity contribution >= 4 is 16.9 Å². The number of aromatic nitrogens is 2. The average molecular weight is 355 g/mol. The van der Waals surface area contributed by atoms with Crippen molar-refractivity contribution in [3.63, 3.8) is 0 Å². The first kappa shape index (κ1) is 16.7. The van der Waals surface area contributed by atoms with Gasteiger partial charge >= 0.3 is 0 Å². The predicted octanol–water partition coefficient (Wildman–Crippen LogP) is 4.17. The lowest BCUT2D eigenvalue weighted by Crippen LogP contribution is -2.28. The summed E-state index contributed by atoms with van der Waals surface area (Å²) in [6.45, 7) is 0.181. The van der Waals surface area contributed by atoms with Crippen LogP contribution in [0.4, 0.5) is 8.78 Å². The smallest absolute Gasteiger partial charge is 0.278 e. The molecule has 0 aliphatic heterocycles. The minimum absolute atomic E-state index is 0.00722. The third-order valence-corrected chi connectivity index (χ3v) is 4.94. The molecule has 1 atom stereocenters. The van der Waals surface area contributed by atoms with Crippen LogP contribution in [0.25, 0.3) is 11.0 Å². The highest BCUT2D eigenvalue weighted by molar-refractivity contribution is 5.79. The summed E-state index contributed by atoms with van der Waals surface area (Å²) in [5.41, 5.74) is 2.81. The Bertz CT molecular complexity index is 951. The maximum absolute atomic E-state index is 13.3. The van der Waals surface area contributed by atoms with E-state index in [-0.39, 0.29) is 30.6 Å². The predicted molar refractivity (Wildman–Crippen MR) is 95.0 cm³/mol. The normalized spacial score (nSPS) is 16.2. The van der Waals surface area contributed by atoms with E-state index < -0.39 is 6.43 Å². The Kier molecular flexibility index (Phi) is 4.41. The lowest BCUT2D eigenvalue weighted by molar-refractivity contribution is -0.122. The fraction of sp³-hybridized carbons (Fsp3) is 0.300. The van der Waals surface area contributed by atoms with E-state index in [9.17, 15) is 13.6 Å². The van der Waals surface area contributed by atoms with Gasteiger partial charge in [-0.05, 0) is 42.2 Å². The summed E-state index contributed by atoms with van der Waals surface area (Å²) in [5.74, 6) is -0.135. The van der Waals surface area contributed by atoms with E-state index in [1.54, 1.807) is 18.3 Å². The van der Waals surface area contributed by atoms with Crippen molar-refractivity contribution in [2.75, 3.05) is 0 Å². The first-order valence-electron chi connectivity index (χ1n) is 8.73. The summed E-state index contributed by atoms with van der Waals surface area (Å²) in [7, 11) is 0. The van der Waals surface area contributed by atoms with Crippen molar-refractivity contribution in [1.82, 2.24) is 14.9 Å². The van der Waals surface area contributed by atoms with E-state index in [1.807, 2.05) is 18.2 Å². The highest BCUT2D eigenvalue weighted by Gasteiger charge is 2.24. The molecule has 0 saturated carbocycles. The Morgan fingerprint density at radius 1 is 1.27 bits per heavy atom. The monoisotopic (exact) mass is 355 g/mol. The molecule has 26 heavy (non-hydrogen) atoms. The quantitative estimate of drug-likeness (QED) is 0.747. The first-order chi connectivity index (χ1) is 12.6. The van der Waals surface area contributed by atoms with E-state index in [2.05, 4.69) is 16.4 Å². The van der Waals surface area contributed by atoms with Gasteiger partial charge in [0.25, 0.3) is 6.43 Å². The SMILES string of the molecule is O=C(CCn1c(C(F)F)cc2cccnc21)N[C@H]1CCc2ccccc21. The maximum Gasteiger partial charge on any atom is 0.278 e. The molecule has 1 amide bonds. The van der Waals surface area contributed by atoms with Gasteiger partial charge in [0.05, 0.1) is 11.7 Å². The van der Waals surface area contributed by atoms with Gasteiger partial charge in [0.15, 0.2) is 0 Å². The number of hydrogen-bond acceptors (Lipinski definition) is 2. The molecule has 4 rings (SSSR count). The number of aryl methyl sites for hydroxylation is 2. The van der Waals surface area contributed by atoms with Crippen LogP contribution in [-0.2, 0) is 17.8 Å². The average Bonchev–Trinajstić information content (AvgIpc) is 3.22. The standard InChI is InChI=1S/C20H19F2N3O/c21-19(22)17-12-14-5-3-10-23-20(14)25(17)11-9-18(26)24-16-8-7-13-4-1-2-6-15(13)16/h1-6,10,12,16,19H,7-9,11H2,(H,24,26)/t16-/m0/s1. The molecule has 0 spiro atoms. The van der Waals surface area contributed by atoms with Crippen LogP contribution in [0, 0.1) is 0 Å². The highest BCUT2D eigenvalue weighted by Crippen LogP contribution is 2.31. The number of nitrogens with one attached hydrogen (secondary N) is 1. The van der Waals surface area contributed by atoms with E-state index in [4.69, 9.17) is 0 Å². The summed E-state index contributed by atoms with van der Waals surface area (Å²) < 4.78 is 28.1. The Hall–Kier alpha value is -2.76. The number of carbonyl (C=O) groups is 1.